The highest BCUT2D eigenvalue weighted by Crippen LogP contribution is 2.36. The maximum absolute atomic E-state index is 11.8. The fourth-order valence-corrected chi connectivity index (χ4v) is 10.5. The predicted octanol–water partition coefficient (Wildman–Crippen LogP) is 22.0. The summed E-state index contributed by atoms with van der Waals surface area (Å²) < 4.78 is 31.4. The molecule has 0 aliphatic heterocycles. The van der Waals surface area contributed by atoms with Crippen molar-refractivity contribution in [3.05, 3.63) is 358 Å². The molecule has 0 heterocycles. The van der Waals surface area contributed by atoms with Gasteiger partial charge in [-0.3, -0.25) is 28.8 Å². The normalized spacial score (nSPS) is 10.0. The average Bonchev–Trinajstić information content (AvgIpc) is 0.778. The van der Waals surface area contributed by atoms with Crippen molar-refractivity contribution in [1.29, 1.82) is 0 Å². The van der Waals surface area contributed by atoms with E-state index < -0.39 is 35.8 Å². The van der Waals surface area contributed by atoms with Crippen LogP contribution in [0.2, 0.25) is 0 Å². The van der Waals surface area contributed by atoms with Crippen molar-refractivity contribution in [3.63, 3.8) is 0 Å². The quantitative estimate of drug-likeness (QED) is 0.0202. The van der Waals surface area contributed by atoms with Gasteiger partial charge in [0.2, 0.25) is 0 Å². The van der Waals surface area contributed by atoms with E-state index in [2.05, 4.69) is 106 Å². The molecule has 128 heavy (non-hydrogen) atoms. The number of hydrogen-bond donors (Lipinski definition) is 5. The van der Waals surface area contributed by atoms with E-state index >= 15 is 0 Å². The fourth-order valence-electron chi connectivity index (χ4n) is 10.5. The molecule has 11 rings (SSSR count). The number of anilines is 5. The van der Waals surface area contributed by atoms with Gasteiger partial charge in [-0.1, -0.05) is 176 Å². The third kappa shape index (κ3) is 30.5. The first-order valence-corrected chi connectivity index (χ1v) is 39.3. The molecule has 23 heteroatoms. The molecule has 0 atom stereocenters. The molecule has 0 saturated heterocycles. The number of rotatable bonds is 25. The third-order valence-corrected chi connectivity index (χ3v) is 17.6. The van der Waals surface area contributed by atoms with Gasteiger partial charge < -0.3 is 55.0 Å². The van der Waals surface area contributed by atoms with Gasteiger partial charge in [-0.2, -0.15) is 0 Å². The minimum atomic E-state index is -0.483. The summed E-state index contributed by atoms with van der Waals surface area (Å²) in [7, 11) is 0. The first-order valence-electron chi connectivity index (χ1n) is 39.3. The number of nitrogens with one attached hydrogen (secondary N) is 5. The van der Waals surface area contributed by atoms with Gasteiger partial charge >= 0.3 is 35.8 Å². The number of allylic oxidation sites excluding steroid dienone is 1. The minimum Gasteiger partial charge on any atom is -0.423 e. The smallest absolute Gasteiger partial charge is 0.338 e. The first kappa shape index (κ1) is 100. The number of benzene rings is 11. The summed E-state index contributed by atoms with van der Waals surface area (Å²) in [6.07, 6.45) is 0.345. The third-order valence-electron chi connectivity index (χ3n) is 17.6. The lowest BCUT2D eigenvalue weighted by molar-refractivity contribution is -0.130. The molecule has 0 spiro atoms. The molecule has 5 N–H and O–H groups in total. The van der Waals surface area contributed by atoms with Crippen LogP contribution in [0, 0.1) is 0 Å². The van der Waals surface area contributed by atoms with Crippen LogP contribution in [0.1, 0.15) is 88.6 Å². The summed E-state index contributed by atoms with van der Waals surface area (Å²) in [4.78, 5) is 139. The Morgan fingerprint density at radius 1 is 0.227 bits per heavy atom. The molecule has 654 valence electrons. The molecule has 0 radical (unpaired) electrons. The van der Waals surface area contributed by atoms with Crippen molar-refractivity contribution in [2.24, 2.45) is 0 Å². The Morgan fingerprint density at radius 3 is 1.00 bits per heavy atom. The summed E-state index contributed by atoms with van der Waals surface area (Å²) >= 11 is 0. The molecule has 5 amide bonds. The summed E-state index contributed by atoms with van der Waals surface area (Å²) in [6, 6.07) is 60.5. The molecule has 0 aromatic heterocycles. The van der Waals surface area contributed by atoms with E-state index in [0.29, 0.717) is 136 Å². The molecular weight excluding hydrogens is 1620 g/mol. The topological polar surface area (TPSA) is 320 Å². The number of ether oxygens (including phenoxy) is 6. The van der Waals surface area contributed by atoms with Gasteiger partial charge in [0.05, 0.1) is 0 Å². The minimum absolute atomic E-state index is 0.0337. The van der Waals surface area contributed by atoms with Crippen LogP contribution in [0.25, 0.3) is 53.9 Å². The SMILES string of the molecule is C=C(C)C(=O)Cc1ccc2cc(OC(=O)C(=C)C)ccc2c1.C=C(C)C(=O)Nc1ccc(OC(=O)C(=C)C)c2ccccc12.C=C(C)C(=O)Nc1ccc(OC(=O)C(=C)C)cc1.C=C(C)C(=O)Nc1ccc2c(OC(=O)C(=C)C)cccc2c1.C=C(C)C(=O)Nc1cccc2c(OC(=O)C(=C)C)cccc12.C=C(C)C(=O)Nc1cccc2cc(OC(=O)C(=C)C)ccc12. The van der Waals surface area contributed by atoms with Crippen LogP contribution in [0.4, 0.5) is 28.4 Å². The van der Waals surface area contributed by atoms with E-state index in [1.165, 1.54) is 0 Å². The number of carbonyl (C=O) groups is 12. The summed E-state index contributed by atoms with van der Waals surface area (Å²) in [5, 5.41) is 22.1. The molecule has 11 aromatic carbocycles. The molecule has 11 aromatic rings. The van der Waals surface area contributed by atoms with Crippen molar-refractivity contribution in [2.75, 3.05) is 26.6 Å². The second-order valence-electron chi connectivity index (χ2n) is 29.6. The Balaban J connectivity index is 0.000000237. The fraction of sp³-hybridized carbons (Fsp3) is 0.124. The number of esters is 6. The molecule has 0 fully saturated rings. The van der Waals surface area contributed by atoms with Gasteiger partial charge in [-0.15, -0.1) is 0 Å². The standard InChI is InChI=1S/C19H18O3.4C18H17NO3.C14H15NO3/c1-12(2)18(20)10-14-5-6-16-11-17(8-7-15(16)9-14)22-19(21)13(3)4;1-11(2)17(20)19-15-9-5-8-14-13(15)7-6-10-16(14)22-18(21)12(3)4;1-11(2)17(20)19-16-7-5-6-13-10-14(8-9-15(13)16)22-18(21)12(3)4;1-11(2)17(20)19-14-8-9-15-13(10-14)6-5-7-16(15)22-18(21)12(3)4;1-11(2)17(20)19-15-9-10-16(22-18(21)12(3)4)14-8-6-5-7-13(14)15;1-9(2)13(16)15-11-5-7-12(8-6-11)18-14(17)10(3)4/h5-9,11H,1,3,10H2,2,4H3;4*5-10H,1,3H2,2,4H3,(H,19,20);5-8H,1,3H2,2,4H3,(H,15,16). The van der Waals surface area contributed by atoms with Crippen LogP contribution in [-0.4, -0.2) is 71.1 Å². The van der Waals surface area contributed by atoms with Gasteiger partial charge in [0.1, 0.15) is 34.5 Å². The monoisotopic (exact) mass is 1720 g/mol. The van der Waals surface area contributed by atoms with Gasteiger partial charge in [0, 0.05) is 128 Å². The molecule has 0 unspecified atom stereocenters. The van der Waals surface area contributed by atoms with E-state index in [1.807, 2.05) is 91.0 Å². The van der Waals surface area contributed by atoms with Crippen LogP contribution in [0.15, 0.2) is 352 Å². The van der Waals surface area contributed by atoms with Crippen molar-refractivity contribution < 1.29 is 86.0 Å². The summed E-state index contributed by atoms with van der Waals surface area (Å²) in [5.41, 5.74) is 8.85. The van der Waals surface area contributed by atoms with Crippen LogP contribution in [-0.2, 0) is 64.0 Å². The van der Waals surface area contributed by atoms with E-state index in [1.54, 1.807) is 198 Å². The lowest BCUT2D eigenvalue weighted by Crippen LogP contribution is -2.12. The zero-order valence-electron chi connectivity index (χ0n) is 73.7. The van der Waals surface area contributed by atoms with Crippen LogP contribution in [0.5, 0.6) is 34.5 Å². The van der Waals surface area contributed by atoms with Crippen molar-refractivity contribution >= 4 is 153 Å². The molecule has 0 aliphatic rings. The Hall–Kier alpha value is -16.6. The average molecular weight is 1720 g/mol. The van der Waals surface area contributed by atoms with Crippen molar-refractivity contribution in [3.8, 4) is 34.5 Å². The number of amides is 5. The van der Waals surface area contributed by atoms with E-state index in [9.17, 15) is 57.5 Å². The van der Waals surface area contributed by atoms with Crippen LogP contribution < -0.4 is 55.0 Å². The Kier molecular flexibility index (Phi) is 37.0. The maximum atomic E-state index is 11.8. The van der Waals surface area contributed by atoms with E-state index in [-0.39, 0.29) is 35.3 Å². The van der Waals surface area contributed by atoms with Crippen molar-refractivity contribution in [1.82, 2.24) is 0 Å². The van der Waals surface area contributed by atoms with E-state index in [4.69, 9.17) is 28.4 Å². The number of ketones is 1. The van der Waals surface area contributed by atoms with Crippen LogP contribution in [0.3, 0.4) is 0 Å². The number of Topliss-reactive ketones (excluding diaryl/α,β-unsaturated/α-hetero) is 1. The zero-order chi connectivity index (χ0) is 95.1. The summed E-state index contributed by atoms with van der Waals surface area (Å²) in [6.45, 7) is 62.4. The zero-order valence-corrected chi connectivity index (χ0v) is 73.7. The number of hydrogen-bond acceptors (Lipinski definition) is 18. The highest BCUT2D eigenvalue weighted by Gasteiger charge is 2.19. The lowest BCUT2D eigenvalue weighted by Gasteiger charge is -2.12. The maximum Gasteiger partial charge on any atom is 0.338 e. The Bertz CT molecular complexity index is 5960. The number of fused-ring (bicyclic) bond motifs is 5. The van der Waals surface area contributed by atoms with Gasteiger partial charge in [0.25, 0.3) is 29.5 Å². The first-order chi connectivity index (χ1) is 60.3. The second kappa shape index (κ2) is 47.2. The molecule has 23 nitrogen and oxygen atoms in total. The Labute approximate surface area is 743 Å². The van der Waals surface area contributed by atoms with Gasteiger partial charge in [0.15, 0.2) is 5.78 Å². The Morgan fingerprint density at radius 2 is 0.539 bits per heavy atom. The molecule has 0 saturated carbocycles. The molecular formula is C105H101N5O18. The molecule has 0 bridgehead atoms. The summed E-state index contributed by atoms with van der Waals surface area (Å²) in [5.74, 6) is -1.37. The highest BCUT2D eigenvalue weighted by molar-refractivity contribution is 6.13. The highest BCUT2D eigenvalue weighted by atomic mass is 16.6. The molecule has 0 aliphatic carbocycles. The predicted molar refractivity (Wildman–Crippen MR) is 510 cm³/mol. The largest absolute Gasteiger partial charge is 0.423 e. The van der Waals surface area contributed by atoms with Crippen LogP contribution >= 0.6 is 0 Å². The second-order valence-corrected chi connectivity index (χ2v) is 29.6. The van der Waals surface area contributed by atoms with Gasteiger partial charge in [-0.05, 0) is 225 Å². The number of carbonyl (C=O) groups excluding carboxylic acids is 12. The van der Waals surface area contributed by atoms with E-state index in [0.717, 1.165) is 59.4 Å². The van der Waals surface area contributed by atoms with Gasteiger partial charge in [-0.25, -0.2) is 28.8 Å². The lowest BCUT2D eigenvalue weighted by atomic mass is 10.0. The van der Waals surface area contributed by atoms with Crippen molar-refractivity contribution in [2.45, 2.75) is 89.5 Å².